The highest BCUT2D eigenvalue weighted by molar-refractivity contribution is 6.31. The number of rotatable bonds is 6. The number of ether oxygens (including phenoxy) is 2. The number of piperidine rings is 1. The third-order valence-corrected chi connectivity index (χ3v) is 4.41. The van der Waals surface area contributed by atoms with Gasteiger partial charge in [-0.1, -0.05) is 11.6 Å². The standard InChI is InChI=1S/C16H24ClN3O3.ClH/c1-22-13-5-6-20(12(8-13)9-18)10-16(21)19-14-7-11(17)3-4-15(14)23-2;/h3-4,7,12-13H,5-6,8-10,18H2,1-2H3,(H,19,21);1H. The molecule has 2 rings (SSSR count). The predicted molar refractivity (Wildman–Crippen MR) is 98.3 cm³/mol. The zero-order valence-corrected chi connectivity index (χ0v) is 15.5. The van der Waals surface area contributed by atoms with E-state index in [1.807, 2.05) is 0 Å². The molecule has 1 aliphatic heterocycles. The Morgan fingerprint density at radius 2 is 2.21 bits per heavy atom. The van der Waals surface area contributed by atoms with E-state index in [0.717, 1.165) is 19.4 Å². The second kappa shape index (κ2) is 10.1. The third-order valence-electron chi connectivity index (χ3n) is 4.18. The van der Waals surface area contributed by atoms with Gasteiger partial charge in [-0.15, -0.1) is 12.4 Å². The van der Waals surface area contributed by atoms with Gasteiger partial charge in [-0.2, -0.15) is 0 Å². The summed E-state index contributed by atoms with van der Waals surface area (Å²) in [6.07, 6.45) is 1.97. The molecule has 1 saturated heterocycles. The molecule has 0 saturated carbocycles. The summed E-state index contributed by atoms with van der Waals surface area (Å²) in [5.74, 6) is 0.469. The van der Waals surface area contributed by atoms with Gasteiger partial charge >= 0.3 is 0 Å². The molecule has 24 heavy (non-hydrogen) atoms. The molecule has 1 fully saturated rings. The van der Waals surface area contributed by atoms with Crippen LogP contribution >= 0.6 is 24.0 Å². The lowest BCUT2D eigenvalue weighted by molar-refractivity contribution is -0.118. The number of nitrogens with one attached hydrogen (secondary N) is 1. The molecule has 8 heteroatoms. The van der Waals surface area contributed by atoms with Gasteiger partial charge in [0.25, 0.3) is 0 Å². The van der Waals surface area contributed by atoms with E-state index in [1.54, 1.807) is 32.4 Å². The first-order valence-corrected chi connectivity index (χ1v) is 8.05. The molecule has 0 spiro atoms. The first kappa shape index (κ1) is 21.0. The number of nitrogens with zero attached hydrogens (tertiary/aromatic N) is 1. The van der Waals surface area contributed by atoms with Gasteiger partial charge in [0.15, 0.2) is 0 Å². The highest BCUT2D eigenvalue weighted by Gasteiger charge is 2.28. The van der Waals surface area contributed by atoms with Crippen molar-refractivity contribution in [3.05, 3.63) is 23.2 Å². The van der Waals surface area contributed by atoms with Gasteiger partial charge in [-0.25, -0.2) is 0 Å². The minimum Gasteiger partial charge on any atom is -0.495 e. The molecule has 136 valence electrons. The van der Waals surface area contributed by atoms with E-state index in [-0.39, 0.29) is 37.0 Å². The molecule has 0 radical (unpaired) electrons. The fourth-order valence-corrected chi connectivity index (χ4v) is 3.05. The van der Waals surface area contributed by atoms with Gasteiger partial charge in [-0.3, -0.25) is 9.69 Å². The maximum absolute atomic E-state index is 12.3. The summed E-state index contributed by atoms with van der Waals surface area (Å²) in [4.78, 5) is 14.4. The van der Waals surface area contributed by atoms with E-state index >= 15 is 0 Å². The fourth-order valence-electron chi connectivity index (χ4n) is 2.88. The van der Waals surface area contributed by atoms with Crippen molar-refractivity contribution in [1.29, 1.82) is 0 Å². The number of carbonyl (C=O) groups excluding carboxylic acids is 1. The Morgan fingerprint density at radius 1 is 1.46 bits per heavy atom. The number of likely N-dealkylation sites (tertiary alicyclic amines) is 1. The van der Waals surface area contributed by atoms with Crippen molar-refractivity contribution in [2.24, 2.45) is 5.73 Å². The molecule has 1 aliphatic rings. The van der Waals surface area contributed by atoms with Crippen molar-refractivity contribution in [2.45, 2.75) is 25.0 Å². The number of hydrogen-bond acceptors (Lipinski definition) is 5. The lowest BCUT2D eigenvalue weighted by Gasteiger charge is -2.37. The smallest absolute Gasteiger partial charge is 0.238 e. The van der Waals surface area contributed by atoms with Crippen molar-refractivity contribution in [1.82, 2.24) is 4.90 Å². The van der Waals surface area contributed by atoms with Gasteiger partial charge in [0.05, 0.1) is 25.4 Å². The van der Waals surface area contributed by atoms with E-state index in [1.165, 1.54) is 0 Å². The quantitative estimate of drug-likeness (QED) is 0.793. The Kier molecular flexibility index (Phi) is 8.80. The molecule has 0 aliphatic carbocycles. The molecule has 2 atom stereocenters. The van der Waals surface area contributed by atoms with Crippen molar-refractivity contribution in [2.75, 3.05) is 39.2 Å². The van der Waals surface area contributed by atoms with Crippen molar-refractivity contribution in [3.63, 3.8) is 0 Å². The second-order valence-electron chi connectivity index (χ2n) is 5.63. The molecule has 1 aromatic carbocycles. The molecule has 1 heterocycles. The Balaban J connectivity index is 0.00000288. The number of methoxy groups -OCH3 is 2. The highest BCUT2D eigenvalue weighted by Crippen LogP contribution is 2.27. The molecule has 1 amide bonds. The van der Waals surface area contributed by atoms with Gasteiger partial charge < -0.3 is 20.5 Å². The van der Waals surface area contributed by atoms with Crippen LogP contribution in [0.25, 0.3) is 0 Å². The number of anilines is 1. The normalized spacial score (nSPS) is 21.0. The van der Waals surface area contributed by atoms with Crippen LogP contribution < -0.4 is 15.8 Å². The Hall–Kier alpha value is -1.05. The van der Waals surface area contributed by atoms with Crippen LogP contribution in [-0.4, -0.2) is 56.8 Å². The highest BCUT2D eigenvalue weighted by atomic mass is 35.5. The van der Waals surface area contributed by atoms with Crippen LogP contribution in [0.15, 0.2) is 18.2 Å². The maximum Gasteiger partial charge on any atom is 0.238 e. The molecule has 1 aromatic rings. The van der Waals surface area contributed by atoms with Crippen molar-refractivity contribution in [3.8, 4) is 5.75 Å². The molecular weight excluding hydrogens is 353 g/mol. The minimum absolute atomic E-state index is 0. The predicted octanol–water partition coefficient (Wildman–Crippen LogP) is 2.15. The second-order valence-corrected chi connectivity index (χ2v) is 6.07. The van der Waals surface area contributed by atoms with Crippen LogP contribution in [0.3, 0.4) is 0 Å². The summed E-state index contributed by atoms with van der Waals surface area (Å²) >= 11 is 5.98. The number of hydrogen-bond donors (Lipinski definition) is 2. The Labute approximate surface area is 154 Å². The fraction of sp³-hybridized carbons (Fsp3) is 0.562. The zero-order valence-electron chi connectivity index (χ0n) is 14.0. The molecule has 0 aromatic heterocycles. The van der Waals surface area contributed by atoms with E-state index < -0.39 is 0 Å². The van der Waals surface area contributed by atoms with Crippen LogP contribution in [0.5, 0.6) is 5.75 Å². The first-order chi connectivity index (χ1) is 11.1. The van der Waals surface area contributed by atoms with Crippen LogP contribution in [-0.2, 0) is 9.53 Å². The summed E-state index contributed by atoms with van der Waals surface area (Å²) < 4.78 is 10.6. The van der Waals surface area contributed by atoms with E-state index in [2.05, 4.69) is 10.2 Å². The van der Waals surface area contributed by atoms with Gasteiger partial charge in [0.1, 0.15) is 5.75 Å². The third kappa shape index (κ3) is 5.50. The van der Waals surface area contributed by atoms with Gasteiger partial charge in [-0.05, 0) is 31.0 Å². The summed E-state index contributed by atoms with van der Waals surface area (Å²) in [6, 6.07) is 5.28. The summed E-state index contributed by atoms with van der Waals surface area (Å²) in [5, 5.41) is 3.40. The Bertz CT molecular complexity index is 545. The van der Waals surface area contributed by atoms with Crippen molar-refractivity contribution < 1.29 is 14.3 Å². The van der Waals surface area contributed by atoms with E-state index in [0.29, 0.717) is 23.0 Å². The summed E-state index contributed by atoms with van der Waals surface area (Å²) in [5.41, 5.74) is 6.41. The minimum atomic E-state index is -0.111. The zero-order chi connectivity index (χ0) is 16.8. The van der Waals surface area contributed by atoms with Crippen LogP contribution in [0, 0.1) is 0 Å². The SMILES string of the molecule is COc1ccc(Cl)cc1NC(=O)CN1CCC(OC)CC1CN.Cl. The summed E-state index contributed by atoms with van der Waals surface area (Å²) in [7, 11) is 3.27. The molecule has 0 bridgehead atoms. The van der Waals surface area contributed by atoms with E-state index in [9.17, 15) is 4.79 Å². The van der Waals surface area contributed by atoms with E-state index in [4.69, 9.17) is 26.8 Å². The number of nitrogens with two attached hydrogens (primary N) is 1. The lowest BCUT2D eigenvalue weighted by Crippen LogP contribution is -2.50. The lowest BCUT2D eigenvalue weighted by atomic mass is 9.99. The van der Waals surface area contributed by atoms with Crippen LogP contribution in [0.4, 0.5) is 5.69 Å². The maximum atomic E-state index is 12.3. The largest absolute Gasteiger partial charge is 0.495 e. The number of halogens is 2. The van der Waals surface area contributed by atoms with Crippen LogP contribution in [0.2, 0.25) is 5.02 Å². The molecule has 2 unspecified atom stereocenters. The number of amides is 1. The van der Waals surface area contributed by atoms with Gasteiger partial charge in [0, 0.05) is 31.3 Å². The molecule has 3 N–H and O–H groups in total. The molecular formula is C16H25Cl2N3O3. The van der Waals surface area contributed by atoms with Gasteiger partial charge in [0.2, 0.25) is 5.91 Å². The molecule has 6 nitrogen and oxygen atoms in total. The average Bonchev–Trinajstić information content (AvgIpc) is 2.55. The average molecular weight is 378 g/mol. The van der Waals surface area contributed by atoms with Crippen molar-refractivity contribution >= 4 is 35.6 Å². The number of benzene rings is 1. The monoisotopic (exact) mass is 377 g/mol. The van der Waals surface area contributed by atoms with Crippen LogP contribution in [0.1, 0.15) is 12.8 Å². The summed E-state index contributed by atoms with van der Waals surface area (Å²) in [6.45, 7) is 1.59. The first-order valence-electron chi connectivity index (χ1n) is 7.67. The topological polar surface area (TPSA) is 76.8 Å². The number of carbonyl (C=O) groups is 1. The Morgan fingerprint density at radius 3 is 2.83 bits per heavy atom.